The topological polar surface area (TPSA) is 63.8 Å². The van der Waals surface area contributed by atoms with E-state index in [0.29, 0.717) is 16.3 Å². The smallest absolute Gasteiger partial charge is 0.129 e. The maximum Gasteiger partial charge on any atom is 0.129 e. The van der Waals surface area contributed by atoms with Gasteiger partial charge in [0.05, 0.1) is 17.4 Å². The van der Waals surface area contributed by atoms with Crippen LogP contribution in [0.25, 0.3) is 0 Å². The molecule has 1 unspecified atom stereocenters. The van der Waals surface area contributed by atoms with E-state index in [0.717, 1.165) is 11.3 Å². The van der Waals surface area contributed by atoms with Crippen LogP contribution in [0.4, 0.5) is 4.39 Å². The number of hydrogen-bond acceptors (Lipinski definition) is 4. The molecule has 0 bridgehead atoms. The molecule has 0 radical (unpaired) electrons. The van der Waals surface area contributed by atoms with Gasteiger partial charge < -0.3 is 0 Å². The SMILES string of the molecule is Cc1cc(C(NN)c2ccc(Cl)cc2F)c(C)nn1. The van der Waals surface area contributed by atoms with Gasteiger partial charge in [-0.25, -0.2) is 9.82 Å². The second-order valence-electron chi connectivity index (χ2n) is 4.29. The highest BCUT2D eigenvalue weighted by Crippen LogP contribution is 2.27. The molecule has 100 valence electrons. The molecule has 6 heteroatoms. The summed E-state index contributed by atoms with van der Waals surface area (Å²) in [5, 5.41) is 8.32. The standard InChI is InChI=1S/C13H14ClFN4/c1-7-5-11(8(2)19-18-7)13(17-16)10-4-3-9(14)6-12(10)15/h3-6,13,17H,16H2,1-2H3. The minimum atomic E-state index is -0.494. The summed E-state index contributed by atoms with van der Waals surface area (Å²) < 4.78 is 14.0. The molecule has 1 aromatic heterocycles. The minimum Gasteiger partial charge on any atom is -0.271 e. The first-order valence-electron chi connectivity index (χ1n) is 5.75. The normalized spacial score (nSPS) is 12.5. The van der Waals surface area contributed by atoms with Gasteiger partial charge in [-0.2, -0.15) is 10.2 Å². The number of halogens is 2. The van der Waals surface area contributed by atoms with Crippen LogP contribution in [0.1, 0.15) is 28.6 Å². The fourth-order valence-corrected chi connectivity index (χ4v) is 2.10. The fraction of sp³-hybridized carbons (Fsp3) is 0.231. The zero-order valence-corrected chi connectivity index (χ0v) is 11.4. The fourth-order valence-electron chi connectivity index (χ4n) is 1.94. The molecule has 1 heterocycles. The molecule has 4 nitrogen and oxygen atoms in total. The van der Waals surface area contributed by atoms with Gasteiger partial charge in [-0.05, 0) is 37.6 Å². The average molecular weight is 281 g/mol. The van der Waals surface area contributed by atoms with E-state index < -0.39 is 11.9 Å². The third-order valence-corrected chi connectivity index (χ3v) is 3.13. The number of nitrogens with zero attached hydrogens (tertiary/aromatic N) is 2. The number of nitrogens with two attached hydrogens (primary N) is 1. The van der Waals surface area contributed by atoms with Crippen molar-refractivity contribution >= 4 is 11.6 Å². The Balaban J connectivity index is 2.52. The van der Waals surface area contributed by atoms with Gasteiger partial charge in [0.25, 0.3) is 0 Å². The summed E-state index contributed by atoms with van der Waals surface area (Å²) in [6.07, 6.45) is 0. The summed E-state index contributed by atoms with van der Waals surface area (Å²) in [5.74, 6) is 5.15. The summed E-state index contributed by atoms with van der Waals surface area (Å²) in [5.41, 5.74) is 5.26. The van der Waals surface area contributed by atoms with E-state index in [1.807, 2.05) is 13.0 Å². The minimum absolute atomic E-state index is 0.345. The van der Waals surface area contributed by atoms with Crippen LogP contribution in [0.2, 0.25) is 5.02 Å². The third kappa shape index (κ3) is 2.89. The number of rotatable bonds is 3. The number of aromatic nitrogens is 2. The summed E-state index contributed by atoms with van der Waals surface area (Å²) >= 11 is 5.75. The van der Waals surface area contributed by atoms with Crippen molar-refractivity contribution in [2.24, 2.45) is 5.84 Å². The summed E-state index contributed by atoms with van der Waals surface area (Å²) in [6, 6.07) is 5.84. The van der Waals surface area contributed by atoms with Crippen molar-refractivity contribution in [3.8, 4) is 0 Å². The van der Waals surface area contributed by atoms with Crippen LogP contribution in [0.3, 0.4) is 0 Å². The Hall–Kier alpha value is -1.56. The van der Waals surface area contributed by atoms with Gasteiger partial charge in [-0.3, -0.25) is 5.84 Å². The van der Waals surface area contributed by atoms with Crippen LogP contribution >= 0.6 is 11.6 Å². The first-order chi connectivity index (χ1) is 9.02. The second kappa shape index (κ2) is 5.61. The van der Waals surface area contributed by atoms with Crippen molar-refractivity contribution in [1.29, 1.82) is 0 Å². The Labute approximate surface area is 115 Å². The van der Waals surface area contributed by atoms with Crippen molar-refractivity contribution in [2.75, 3.05) is 0 Å². The van der Waals surface area contributed by atoms with Gasteiger partial charge in [0.1, 0.15) is 5.82 Å². The van der Waals surface area contributed by atoms with Gasteiger partial charge in [-0.1, -0.05) is 17.7 Å². The molecule has 0 aliphatic rings. The highest BCUT2D eigenvalue weighted by Gasteiger charge is 2.19. The summed E-state index contributed by atoms with van der Waals surface area (Å²) in [4.78, 5) is 0. The summed E-state index contributed by atoms with van der Waals surface area (Å²) in [7, 11) is 0. The van der Waals surface area contributed by atoms with Crippen LogP contribution in [0.15, 0.2) is 24.3 Å². The Kier molecular flexibility index (Phi) is 4.09. The van der Waals surface area contributed by atoms with Gasteiger partial charge in [0.15, 0.2) is 0 Å². The van der Waals surface area contributed by atoms with E-state index in [2.05, 4.69) is 15.6 Å². The van der Waals surface area contributed by atoms with Gasteiger partial charge in [0, 0.05) is 10.6 Å². The Morgan fingerprint density at radius 3 is 2.58 bits per heavy atom. The molecule has 3 N–H and O–H groups in total. The second-order valence-corrected chi connectivity index (χ2v) is 4.73. The maximum atomic E-state index is 14.0. The molecule has 19 heavy (non-hydrogen) atoms. The van der Waals surface area contributed by atoms with E-state index in [1.54, 1.807) is 19.1 Å². The van der Waals surface area contributed by atoms with Crippen LogP contribution < -0.4 is 11.3 Å². The van der Waals surface area contributed by atoms with Crippen molar-refractivity contribution < 1.29 is 4.39 Å². The third-order valence-electron chi connectivity index (χ3n) is 2.89. The van der Waals surface area contributed by atoms with E-state index >= 15 is 0 Å². The molecule has 0 saturated heterocycles. The number of hydrogen-bond donors (Lipinski definition) is 2. The molecule has 0 fully saturated rings. The zero-order valence-electron chi connectivity index (χ0n) is 10.6. The molecular weight excluding hydrogens is 267 g/mol. The Bertz CT molecular complexity index is 603. The molecule has 0 aliphatic heterocycles. The lowest BCUT2D eigenvalue weighted by Gasteiger charge is -2.19. The van der Waals surface area contributed by atoms with Gasteiger partial charge in [0.2, 0.25) is 0 Å². The predicted molar refractivity (Wildman–Crippen MR) is 72.1 cm³/mol. The highest BCUT2D eigenvalue weighted by atomic mass is 35.5. The molecule has 0 aliphatic carbocycles. The lowest BCUT2D eigenvalue weighted by Crippen LogP contribution is -2.30. The van der Waals surface area contributed by atoms with Crippen molar-refractivity contribution in [3.63, 3.8) is 0 Å². The van der Waals surface area contributed by atoms with Crippen LogP contribution in [-0.4, -0.2) is 10.2 Å². The monoisotopic (exact) mass is 280 g/mol. The Morgan fingerprint density at radius 2 is 1.95 bits per heavy atom. The number of benzene rings is 1. The highest BCUT2D eigenvalue weighted by molar-refractivity contribution is 6.30. The Morgan fingerprint density at radius 1 is 1.21 bits per heavy atom. The number of aryl methyl sites for hydroxylation is 2. The molecule has 0 amide bonds. The van der Waals surface area contributed by atoms with E-state index in [-0.39, 0.29) is 0 Å². The maximum absolute atomic E-state index is 14.0. The molecule has 0 saturated carbocycles. The van der Waals surface area contributed by atoms with Crippen LogP contribution in [0.5, 0.6) is 0 Å². The van der Waals surface area contributed by atoms with Crippen LogP contribution in [0, 0.1) is 19.7 Å². The van der Waals surface area contributed by atoms with Crippen molar-refractivity contribution in [3.05, 3.63) is 57.6 Å². The van der Waals surface area contributed by atoms with Gasteiger partial charge in [-0.15, -0.1) is 0 Å². The van der Waals surface area contributed by atoms with E-state index in [9.17, 15) is 4.39 Å². The van der Waals surface area contributed by atoms with E-state index in [4.69, 9.17) is 17.4 Å². The zero-order chi connectivity index (χ0) is 14.0. The van der Waals surface area contributed by atoms with Crippen molar-refractivity contribution in [2.45, 2.75) is 19.9 Å². The first-order valence-corrected chi connectivity index (χ1v) is 6.12. The van der Waals surface area contributed by atoms with E-state index in [1.165, 1.54) is 6.07 Å². The van der Waals surface area contributed by atoms with Crippen LogP contribution in [-0.2, 0) is 0 Å². The van der Waals surface area contributed by atoms with Crippen molar-refractivity contribution in [1.82, 2.24) is 15.6 Å². The number of hydrazine groups is 1. The largest absolute Gasteiger partial charge is 0.271 e. The molecule has 2 rings (SSSR count). The lowest BCUT2D eigenvalue weighted by atomic mass is 9.97. The molecule has 1 atom stereocenters. The number of nitrogens with one attached hydrogen (secondary N) is 1. The molecule has 0 spiro atoms. The average Bonchev–Trinajstić information content (AvgIpc) is 2.36. The molecule has 1 aromatic carbocycles. The molecular formula is C13H14ClFN4. The molecule has 2 aromatic rings. The quantitative estimate of drug-likeness (QED) is 0.669. The predicted octanol–water partition coefficient (Wildman–Crippen LogP) is 2.44. The first kappa shape index (κ1) is 13.9. The summed E-state index contributed by atoms with van der Waals surface area (Å²) in [6.45, 7) is 3.63. The lowest BCUT2D eigenvalue weighted by molar-refractivity contribution is 0.556. The van der Waals surface area contributed by atoms with Gasteiger partial charge >= 0.3 is 0 Å².